The highest BCUT2D eigenvalue weighted by Gasteiger charge is 2.30. The van der Waals surface area contributed by atoms with E-state index in [0.29, 0.717) is 49.7 Å². The first kappa shape index (κ1) is 22.5. The van der Waals surface area contributed by atoms with E-state index in [1.807, 2.05) is 24.8 Å². The summed E-state index contributed by atoms with van der Waals surface area (Å²) in [6, 6.07) is 3.64. The van der Waals surface area contributed by atoms with Gasteiger partial charge in [0.05, 0.1) is 30.1 Å². The smallest absolute Gasteiger partial charge is 0.253 e. The van der Waals surface area contributed by atoms with Crippen molar-refractivity contribution in [1.82, 2.24) is 9.80 Å². The molecule has 1 saturated heterocycles. The van der Waals surface area contributed by atoms with Crippen LogP contribution in [0.1, 0.15) is 39.4 Å². The summed E-state index contributed by atoms with van der Waals surface area (Å²) in [7, 11) is 0. The predicted octanol–water partition coefficient (Wildman–Crippen LogP) is 2.75. The molecule has 2 heterocycles. The first-order valence-electron chi connectivity index (χ1n) is 10.1. The van der Waals surface area contributed by atoms with Crippen LogP contribution in [0.4, 0.5) is 0 Å². The van der Waals surface area contributed by atoms with Gasteiger partial charge in [-0.05, 0) is 51.8 Å². The highest BCUT2D eigenvalue weighted by atomic mass is 16.3. The van der Waals surface area contributed by atoms with E-state index in [1.54, 1.807) is 30.2 Å². The molecule has 29 heavy (non-hydrogen) atoms. The van der Waals surface area contributed by atoms with Gasteiger partial charge in [-0.25, -0.2) is 0 Å². The van der Waals surface area contributed by atoms with Crippen molar-refractivity contribution in [3.8, 4) is 0 Å². The molecule has 1 fully saturated rings. The number of hydrogen-bond donors (Lipinski definition) is 1. The van der Waals surface area contributed by atoms with Crippen molar-refractivity contribution in [2.24, 2.45) is 16.6 Å². The molecule has 0 aliphatic carbocycles. The van der Waals surface area contributed by atoms with Gasteiger partial charge in [0, 0.05) is 31.8 Å². The summed E-state index contributed by atoms with van der Waals surface area (Å²) in [6.45, 7) is 12.4. The summed E-state index contributed by atoms with van der Waals surface area (Å²) in [5, 5.41) is 0. The highest BCUT2D eigenvalue weighted by molar-refractivity contribution is 6.02. The minimum absolute atomic E-state index is 0.120. The van der Waals surface area contributed by atoms with E-state index < -0.39 is 0 Å². The molecule has 1 aromatic rings. The third kappa shape index (κ3) is 6.07. The predicted molar refractivity (Wildman–Crippen MR) is 114 cm³/mol. The van der Waals surface area contributed by atoms with Crippen LogP contribution in [-0.4, -0.2) is 53.5 Å². The maximum Gasteiger partial charge on any atom is 0.253 e. The standard InChI is InChI=1S/C22H32N4O3/c1-5-25(6-2)22(28)18-9-7-11-26(15-18)21(27)16(3)13-20(23)17(4)24-14-19-10-8-12-29-19/h8,10,12-13,18H,3,5-7,9,11,14-15,23H2,1-2,4H3/b20-13+,24-17?. The zero-order valence-electron chi connectivity index (χ0n) is 17.7. The summed E-state index contributed by atoms with van der Waals surface area (Å²) in [6.07, 6.45) is 4.76. The summed E-state index contributed by atoms with van der Waals surface area (Å²) >= 11 is 0. The third-order valence-electron chi connectivity index (χ3n) is 5.21. The lowest BCUT2D eigenvalue weighted by molar-refractivity contribution is -0.139. The number of aliphatic imine (C=N–C) groups is 1. The number of rotatable bonds is 8. The van der Waals surface area contributed by atoms with E-state index in [4.69, 9.17) is 10.2 Å². The summed E-state index contributed by atoms with van der Waals surface area (Å²) < 4.78 is 5.25. The molecule has 0 aromatic carbocycles. The molecule has 1 unspecified atom stereocenters. The molecule has 1 aliphatic rings. The molecule has 158 valence electrons. The molecule has 0 radical (unpaired) electrons. The Morgan fingerprint density at radius 2 is 2.14 bits per heavy atom. The van der Waals surface area contributed by atoms with E-state index in [1.165, 1.54) is 0 Å². The van der Waals surface area contributed by atoms with Gasteiger partial charge in [-0.1, -0.05) is 6.58 Å². The van der Waals surface area contributed by atoms with Gasteiger partial charge in [-0.3, -0.25) is 14.6 Å². The van der Waals surface area contributed by atoms with Gasteiger partial charge in [0.25, 0.3) is 5.91 Å². The molecule has 2 rings (SSSR count). The van der Waals surface area contributed by atoms with Crippen LogP contribution in [0, 0.1) is 5.92 Å². The zero-order chi connectivity index (χ0) is 21.4. The fourth-order valence-electron chi connectivity index (χ4n) is 3.40. The molecule has 1 aliphatic heterocycles. The monoisotopic (exact) mass is 400 g/mol. The van der Waals surface area contributed by atoms with Gasteiger partial charge in [0.15, 0.2) is 0 Å². The lowest BCUT2D eigenvalue weighted by Gasteiger charge is -2.34. The molecule has 0 bridgehead atoms. The Kier molecular flexibility index (Phi) is 8.24. The molecule has 2 N–H and O–H groups in total. The van der Waals surface area contributed by atoms with Crippen molar-refractivity contribution in [2.75, 3.05) is 26.2 Å². The fourth-order valence-corrected chi connectivity index (χ4v) is 3.40. The number of hydrogen-bond acceptors (Lipinski definition) is 5. The minimum atomic E-state index is -0.191. The van der Waals surface area contributed by atoms with Crippen molar-refractivity contribution < 1.29 is 14.0 Å². The topological polar surface area (TPSA) is 92.1 Å². The zero-order valence-corrected chi connectivity index (χ0v) is 17.7. The van der Waals surface area contributed by atoms with Gasteiger partial charge in [0.1, 0.15) is 5.76 Å². The largest absolute Gasteiger partial charge is 0.467 e. The van der Waals surface area contributed by atoms with Gasteiger partial charge < -0.3 is 20.0 Å². The second-order valence-corrected chi connectivity index (χ2v) is 7.21. The van der Waals surface area contributed by atoms with E-state index in [2.05, 4.69) is 11.6 Å². The number of carbonyl (C=O) groups excluding carboxylic acids is 2. The van der Waals surface area contributed by atoms with Crippen molar-refractivity contribution >= 4 is 17.5 Å². The van der Waals surface area contributed by atoms with Crippen LogP contribution in [-0.2, 0) is 16.1 Å². The number of piperidine rings is 1. The van der Waals surface area contributed by atoms with Crippen LogP contribution in [0.2, 0.25) is 0 Å². The number of nitrogens with two attached hydrogens (primary N) is 1. The van der Waals surface area contributed by atoms with Crippen LogP contribution in [0.25, 0.3) is 0 Å². The molecule has 1 aromatic heterocycles. The Bertz CT molecular complexity index is 776. The van der Waals surface area contributed by atoms with Gasteiger partial charge >= 0.3 is 0 Å². The van der Waals surface area contributed by atoms with Crippen molar-refractivity contribution in [3.05, 3.63) is 48.1 Å². The second kappa shape index (κ2) is 10.6. The summed E-state index contributed by atoms with van der Waals surface area (Å²) in [4.78, 5) is 33.4. The molecule has 7 heteroatoms. The summed E-state index contributed by atoms with van der Waals surface area (Å²) in [5.74, 6) is 0.514. The normalized spacial score (nSPS) is 17.9. The highest BCUT2D eigenvalue weighted by Crippen LogP contribution is 2.20. The van der Waals surface area contributed by atoms with E-state index in [-0.39, 0.29) is 17.7 Å². The van der Waals surface area contributed by atoms with Crippen LogP contribution in [0.15, 0.2) is 51.7 Å². The number of likely N-dealkylation sites (tertiary alicyclic amines) is 1. The van der Waals surface area contributed by atoms with Crippen LogP contribution in [0.5, 0.6) is 0 Å². The summed E-state index contributed by atoms with van der Waals surface area (Å²) in [5.41, 5.74) is 7.39. The third-order valence-corrected chi connectivity index (χ3v) is 5.21. The fraction of sp³-hybridized carbons (Fsp3) is 0.500. The van der Waals surface area contributed by atoms with Crippen LogP contribution in [0.3, 0.4) is 0 Å². The maximum absolute atomic E-state index is 12.8. The maximum atomic E-state index is 12.8. The van der Waals surface area contributed by atoms with Crippen molar-refractivity contribution in [2.45, 2.75) is 40.2 Å². The lowest BCUT2D eigenvalue weighted by atomic mass is 9.95. The Morgan fingerprint density at radius 3 is 2.76 bits per heavy atom. The van der Waals surface area contributed by atoms with Gasteiger partial charge in [-0.15, -0.1) is 0 Å². The first-order valence-corrected chi connectivity index (χ1v) is 10.1. The molecule has 0 saturated carbocycles. The van der Waals surface area contributed by atoms with E-state index >= 15 is 0 Å². The Labute approximate surface area is 172 Å². The number of amides is 2. The number of nitrogens with zero attached hydrogens (tertiary/aromatic N) is 3. The van der Waals surface area contributed by atoms with E-state index in [9.17, 15) is 9.59 Å². The Morgan fingerprint density at radius 1 is 1.41 bits per heavy atom. The Hall–Kier alpha value is -2.83. The average Bonchev–Trinajstić information content (AvgIpc) is 3.25. The Balaban J connectivity index is 1.99. The minimum Gasteiger partial charge on any atom is -0.467 e. The van der Waals surface area contributed by atoms with Crippen molar-refractivity contribution in [3.63, 3.8) is 0 Å². The molecular formula is C22H32N4O3. The van der Waals surface area contributed by atoms with Gasteiger partial charge in [-0.2, -0.15) is 0 Å². The van der Waals surface area contributed by atoms with Crippen LogP contribution < -0.4 is 5.73 Å². The number of carbonyl (C=O) groups is 2. The second-order valence-electron chi connectivity index (χ2n) is 7.21. The van der Waals surface area contributed by atoms with Crippen LogP contribution >= 0.6 is 0 Å². The number of furan rings is 1. The molecule has 1 atom stereocenters. The lowest BCUT2D eigenvalue weighted by Crippen LogP contribution is -2.47. The van der Waals surface area contributed by atoms with E-state index in [0.717, 1.165) is 18.6 Å². The number of allylic oxidation sites excluding steroid dienone is 1. The quantitative estimate of drug-likeness (QED) is 0.413. The molecular weight excluding hydrogens is 368 g/mol. The van der Waals surface area contributed by atoms with Gasteiger partial charge in [0.2, 0.25) is 5.91 Å². The molecule has 7 nitrogen and oxygen atoms in total. The van der Waals surface area contributed by atoms with Crippen molar-refractivity contribution in [1.29, 1.82) is 0 Å². The first-order chi connectivity index (χ1) is 13.9. The molecule has 0 spiro atoms. The average molecular weight is 401 g/mol. The molecule has 2 amide bonds. The SMILES string of the molecule is C=C(/C=C(/N)C(C)=NCc1ccco1)C(=O)N1CCCC(C(=O)N(CC)CC)C1.